The number of aliphatic hydroxyl groups is 1. The first-order chi connectivity index (χ1) is 17.9. The van der Waals surface area contributed by atoms with Gasteiger partial charge in [-0.25, -0.2) is 14.5 Å². The summed E-state index contributed by atoms with van der Waals surface area (Å²) in [5.41, 5.74) is 2.84. The van der Waals surface area contributed by atoms with Gasteiger partial charge in [0.25, 0.3) is 0 Å². The van der Waals surface area contributed by atoms with Crippen LogP contribution < -0.4 is 9.64 Å². The molecule has 2 saturated heterocycles. The number of hydrogen-bond acceptors (Lipinski definition) is 6. The molecule has 196 valence electrons. The molecule has 5 rings (SSSR count). The van der Waals surface area contributed by atoms with Gasteiger partial charge in [-0.05, 0) is 43.2 Å². The maximum atomic E-state index is 13.5. The number of aryl methyl sites for hydroxylation is 1. The van der Waals surface area contributed by atoms with Gasteiger partial charge in [0.05, 0.1) is 29.8 Å². The van der Waals surface area contributed by atoms with Crippen LogP contribution in [0.3, 0.4) is 0 Å². The Morgan fingerprint density at radius 2 is 1.86 bits per heavy atom. The number of carbonyl (C=O) groups is 1. The van der Waals surface area contributed by atoms with Gasteiger partial charge in [0.2, 0.25) is 0 Å². The minimum absolute atomic E-state index is 0.0183. The van der Waals surface area contributed by atoms with Gasteiger partial charge in [-0.3, -0.25) is 0 Å². The van der Waals surface area contributed by atoms with Crippen molar-refractivity contribution in [3.63, 3.8) is 0 Å². The smallest absolute Gasteiger partial charge is 0.320 e. The van der Waals surface area contributed by atoms with E-state index in [2.05, 4.69) is 15.0 Å². The molecule has 0 spiro atoms. The zero-order chi connectivity index (χ0) is 26.1. The first-order valence-corrected chi connectivity index (χ1v) is 13.1. The molecule has 0 saturated carbocycles. The van der Waals surface area contributed by atoms with Gasteiger partial charge in [-0.15, -0.1) is 0 Å². The predicted octanol–water partition coefficient (Wildman–Crippen LogP) is 3.98. The van der Waals surface area contributed by atoms with Crippen molar-refractivity contribution in [3.8, 4) is 11.4 Å². The molecule has 9 nitrogen and oxygen atoms in total. The van der Waals surface area contributed by atoms with E-state index in [1.807, 2.05) is 42.2 Å². The largest absolute Gasteiger partial charge is 0.494 e. The second-order valence-corrected chi connectivity index (χ2v) is 10.2. The highest BCUT2D eigenvalue weighted by atomic mass is 35.5. The van der Waals surface area contributed by atoms with Crippen molar-refractivity contribution in [3.05, 3.63) is 64.2 Å². The summed E-state index contributed by atoms with van der Waals surface area (Å²) in [7, 11) is 1.64. The van der Waals surface area contributed by atoms with Crippen molar-refractivity contribution in [1.29, 1.82) is 0 Å². The summed E-state index contributed by atoms with van der Waals surface area (Å²) in [6.45, 7) is 4.92. The fraction of sp³-hybridized carbons (Fsp3) is 0.423. The normalized spacial score (nSPS) is 20.0. The van der Waals surface area contributed by atoms with E-state index in [4.69, 9.17) is 27.9 Å². The Kier molecular flexibility index (Phi) is 7.46. The van der Waals surface area contributed by atoms with Crippen molar-refractivity contribution in [1.82, 2.24) is 24.6 Å². The number of aromatic nitrogens is 3. The molecule has 2 atom stereocenters. The molecule has 3 heterocycles. The lowest BCUT2D eigenvalue weighted by molar-refractivity contribution is 0.120. The number of carbonyl (C=O) groups excluding carboxylic acids is 1. The topological polar surface area (TPSA) is 87.0 Å². The van der Waals surface area contributed by atoms with E-state index in [-0.39, 0.29) is 24.6 Å². The number of methoxy groups -OCH3 is 1. The third-order valence-electron chi connectivity index (χ3n) is 7.28. The van der Waals surface area contributed by atoms with Crippen molar-refractivity contribution in [2.75, 3.05) is 51.3 Å². The number of aliphatic hydroxyl groups excluding tert-OH is 1. The van der Waals surface area contributed by atoms with Crippen LogP contribution >= 0.6 is 23.2 Å². The predicted molar refractivity (Wildman–Crippen MR) is 143 cm³/mol. The average molecular weight is 545 g/mol. The first kappa shape index (κ1) is 25.6. The average Bonchev–Trinajstić information content (AvgIpc) is 3.55. The van der Waals surface area contributed by atoms with Crippen LogP contribution in [0.5, 0.6) is 5.75 Å². The summed E-state index contributed by atoms with van der Waals surface area (Å²) in [5, 5.41) is 15.5. The van der Waals surface area contributed by atoms with Crippen LogP contribution in [0.4, 0.5) is 10.5 Å². The number of urea groups is 1. The number of nitrogens with zero attached hydrogens (tertiary/aromatic N) is 6. The second kappa shape index (κ2) is 10.8. The SMILES string of the molecule is COc1cc(N2CCN(C(=O)N3CCC(c4ccc(Cl)c(Cl)c4)C3CO)CC2)ccc1-n1cnc(C)n1. The molecule has 2 aromatic carbocycles. The summed E-state index contributed by atoms with van der Waals surface area (Å²) in [6, 6.07) is 11.2. The van der Waals surface area contributed by atoms with E-state index in [9.17, 15) is 9.90 Å². The molecule has 3 aromatic rings. The van der Waals surface area contributed by atoms with Gasteiger partial charge in [-0.1, -0.05) is 29.3 Å². The zero-order valence-electron chi connectivity index (χ0n) is 20.8. The molecule has 37 heavy (non-hydrogen) atoms. The Morgan fingerprint density at radius 3 is 2.51 bits per heavy atom. The molecular weight excluding hydrogens is 515 g/mol. The van der Waals surface area contributed by atoms with E-state index in [1.165, 1.54) is 0 Å². The molecule has 2 aliphatic heterocycles. The monoisotopic (exact) mass is 544 g/mol. The summed E-state index contributed by atoms with van der Waals surface area (Å²) < 4.78 is 7.33. The quantitative estimate of drug-likeness (QED) is 0.522. The van der Waals surface area contributed by atoms with E-state index < -0.39 is 0 Å². The van der Waals surface area contributed by atoms with Gasteiger partial charge < -0.3 is 24.5 Å². The van der Waals surface area contributed by atoms with Crippen LogP contribution in [0.25, 0.3) is 5.69 Å². The third-order valence-corrected chi connectivity index (χ3v) is 8.02. The van der Waals surface area contributed by atoms with Crippen LogP contribution in [-0.2, 0) is 0 Å². The lowest BCUT2D eigenvalue weighted by Crippen LogP contribution is -2.54. The number of halogens is 2. The minimum Gasteiger partial charge on any atom is -0.494 e. The maximum absolute atomic E-state index is 13.5. The molecule has 2 amide bonds. The standard InChI is InChI=1S/C26H30Cl2N6O3/c1-17-29-16-34(30-17)23-6-4-19(14-25(23)37-2)31-9-11-32(12-10-31)26(36)33-8-7-20(24(33)15-35)18-3-5-21(27)22(28)13-18/h3-6,13-14,16,20,24,35H,7-12,15H2,1-2H3. The highest BCUT2D eigenvalue weighted by Crippen LogP contribution is 2.37. The van der Waals surface area contributed by atoms with Gasteiger partial charge in [0.15, 0.2) is 0 Å². The van der Waals surface area contributed by atoms with Crippen molar-refractivity contribution < 1.29 is 14.6 Å². The van der Waals surface area contributed by atoms with Crippen LogP contribution in [-0.4, -0.2) is 88.2 Å². The Balaban J connectivity index is 1.24. The minimum atomic E-state index is -0.292. The lowest BCUT2D eigenvalue weighted by Gasteiger charge is -2.39. The highest BCUT2D eigenvalue weighted by molar-refractivity contribution is 6.42. The Hall–Kier alpha value is -3.01. The fourth-order valence-corrected chi connectivity index (χ4v) is 5.61. The number of amides is 2. The number of ether oxygens (including phenoxy) is 1. The van der Waals surface area contributed by atoms with Crippen LogP contribution in [0.2, 0.25) is 10.0 Å². The molecule has 0 aliphatic carbocycles. The number of anilines is 1. The molecule has 11 heteroatoms. The molecule has 0 radical (unpaired) electrons. The fourth-order valence-electron chi connectivity index (χ4n) is 5.30. The first-order valence-electron chi connectivity index (χ1n) is 12.3. The van der Waals surface area contributed by atoms with E-state index in [0.29, 0.717) is 54.3 Å². The third kappa shape index (κ3) is 5.08. The summed E-state index contributed by atoms with van der Waals surface area (Å²) in [6.07, 6.45) is 2.44. The van der Waals surface area contributed by atoms with Gasteiger partial charge in [0, 0.05) is 50.4 Å². The summed E-state index contributed by atoms with van der Waals surface area (Å²) >= 11 is 12.3. The molecule has 1 aromatic heterocycles. The van der Waals surface area contributed by atoms with Crippen molar-refractivity contribution in [2.45, 2.75) is 25.3 Å². The van der Waals surface area contributed by atoms with Gasteiger partial charge in [-0.2, -0.15) is 5.10 Å². The lowest BCUT2D eigenvalue weighted by atomic mass is 9.92. The number of hydrogen-bond donors (Lipinski definition) is 1. The van der Waals surface area contributed by atoms with E-state index in [0.717, 1.165) is 23.4 Å². The molecule has 1 N–H and O–H groups in total. The highest BCUT2D eigenvalue weighted by Gasteiger charge is 2.39. The number of rotatable bonds is 5. The van der Waals surface area contributed by atoms with Crippen LogP contribution in [0.15, 0.2) is 42.7 Å². The summed E-state index contributed by atoms with van der Waals surface area (Å²) in [5.74, 6) is 1.42. The molecule has 0 bridgehead atoms. The Morgan fingerprint density at radius 1 is 1.08 bits per heavy atom. The zero-order valence-corrected chi connectivity index (χ0v) is 22.4. The van der Waals surface area contributed by atoms with Crippen molar-refractivity contribution in [2.24, 2.45) is 0 Å². The van der Waals surface area contributed by atoms with Gasteiger partial charge in [0.1, 0.15) is 23.6 Å². The van der Waals surface area contributed by atoms with Crippen LogP contribution in [0, 0.1) is 6.92 Å². The maximum Gasteiger partial charge on any atom is 0.320 e. The summed E-state index contributed by atoms with van der Waals surface area (Å²) in [4.78, 5) is 23.6. The second-order valence-electron chi connectivity index (χ2n) is 9.36. The van der Waals surface area contributed by atoms with E-state index >= 15 is 0 Å². The molecular formula is C26H30Cl2N6O3. The van der Waals surface area contributed by atoms with Crippen LogP contribution in [0.1, 0.15) is 23.7 Å². The Labute approximate surface area is 226 Å². The Bertz CT molecular complexity index is 1280. The number of piperazine rings is 1. The molecule has 2 aliphatic rings. The number of likely N-dealkylation sites (tertiary alicyclic amines) is 1. The van der Waals surface area contributed by atoms with Crippen molar-refractivity contribution >= 4 is 34.9 Å². The number of benzene rings is 2. The van der Waals surface area contributed by atoms with E-state index in [1.54, 1.807) is 29.1 Å². The van der Waals surface area contributed by atoms with Gasteiger partial charge >= 0.3 is 6.03 Å². The molecule has 2 unspecified atom stereocenters. The molecule has 2 fully saturated rings.